The molecule has 0 saturated heterocycles. The molecule has 0 bridgehead atoms. The van der Waals surface area contributed by atoms with Gasteiger partial charge in [0.2, 0.25) is 0 Å². The molecule has 1 aromatic rings. The molecule has 0 aromatic heterocycles. The van der Waals surface area contributed by atoms with Gasteiger partial charge in [0.25, 0.3) is 0 Å². The quantitative estimate of drug-likeness (QED) is 0.793. The Balaban J connectivity index is 2.49. The third-order valence-corrected chi connectivity index (χ3v) is 3.92. The molecule has 0 spiro atoms. The second-order valence-electron chi connectivity index (χ2n) is 4.77. The van der Waals surface area contributed by atoms with Crippen LogP contribution in [0.4, 0.5) is 4.39 Å². The van der Waals surface area contributed by atoms with Crippen LogP contribution < -0.4 is 5.73 Å². The summed E-state index contributed by atoms with van der Waals surface area (Å²) in [5, 5.41) is 0.212. The Bertz CT molecular complexity index is 397. The van der Waals surface area contributed by atoms with E-state index in [4.69, 9.17) is 17.3 Å². The van der Waals surface area contributed by atoms with Gasteiger partial charge in [-0.05, 0) is 37.0 Å². The third kappa shape index (κ3) is 1.96. The second-order valence-corrected chi connectivity index (χ2v) is 5.15. The fourth-order valence-electron chi connectivity index (χ4n) is 2.69. The van der Waals surface area contributed by atoms with Crippen molar-refractivity contribution < 1.29 is 4.39 Å². The molecule has 2 rings (SSSR count). The lowest BCUT2D eigenvalue weighted by Gasteiger charge is -2.35. The molecule has 1 nitrogen and oxygen atoms in total. The highest BCUT2D eigenvalue weighted by atomic mass is 35.5. The SMILES string of the molecule is Cc1ccc(F)c(Cl)c1C1(N)CCCCC1. The van der Waals surface area contributed by atoms with E-state index in [0.717, 1.165) is 36.8 Å². The van der Waals surface area contributed by atoms with Crippen LogP contribution in [0.15, 0.2) is 12.1 Å². The minimum atomic E-state index is -0.429. The van der Waals surface area contributed by atoms with Gasteiger partial charge in [-0.25, -0.2) is 4.39 Å². The van der Waals surface area contributed by atoms with Crippen LogP contribution in [0.5, 0.6) is 0 Å². The average molecular weight is 242 g/mol. The Morgan fingerprint density at radius 3 is 2.50 bits per heavy atom. The maximum atomic E-state index is 13.5. The normalized spacial score (nSPS) is 19.8. The third-order valence-electron chi connectivity index (χ3n) is 3.55. The summed E-state index contributed by atoms with van der Waals surface area (Å²) in [5.74, 6) is -0.363. The highest BCUT2D eigenvalue weighted by Crippen LogP contribution is 2.40. The Kier molecular flexibility index (Phi) is 3.22. The lowest BCUT2D eigenvalue weighted by atomic mass is 9.76. The minimum absolute atomic E-state index is 0.212. The molecule has 0 atom stereocenters. The molecule has 16 heavy (non-hydrogen) atoms. The van der Waals surface area contributed by atoms with E-state index in [1.54, 1.807) is 6.07 Å². The zero-order valence-corrected chi connectivity index (χ0v) is 10.3. The summed E-state index contributed by atoms with van der Waals surface area (Å²) < 4.78 is 13.5. The van der Waals surface area contributed by atoms with Crippen LogP contribution in [0.1, 0.15) is 43.2 Å². The molecule has 1 saturated carbocycles. The molecular weight excluding hydrogens is 225 g/mol. The predicted molar refractivity (Wildman–Crippen MR) is 65.1 cm³/mol. The summed E-state index contributed by atoms with van der Waals surface area (Å²) in [6.07, 6.45) is 5.21. The van der Waals surface area contributed by atoms with Crippen molar-refractivity contribution in [3.63, 3.8) is 0 Å². The molecule has 1 fully saturated rings. The first kappa shape index (κ1) is 11.9. The fourth-order valence-corrected chi connectivity index (χ4v) is 3.09. The number of halogens is 2. The summed E-state index contributed by atoms with van der Waals surface area (Å²) >= 11 is 6.07. The van der Waals surface area contributed by atoms with Gasteiger partial charge in [0.05, 0.1) is 5.02 Å². The van der Waals surface area contributed by atoms with Gasteiger partial charge in [0.15, 0.2) is 0 Å². The minimum Gasteiger partial charge on any atom is -0.321 e. The van der Waals surface area contributed by atoms with Gasteiger partial charge < -0.3 is 5.73 Å². The Morgan fingerprint density at radius 1 is 1.25 bits per heavy atom. The lowest BCUT2D eigenvalue weighted by Crippen LogP contribution is -2.39. The van der Waals surface area contributed by atoms with Crippen LogP contribution in [0.25, 0.3) is 0 Å². The number of benzene rings is 1. The summed E-state index contributed by atoms with van der Waals surface area (Å²) in [5.41, 5.74) is 7.78. The van der Waals surface area contributed by atoms with Crippen molar-refractivity contribution >= 4 is 11.6 Å². The molecule has 88 valence electrons. The van der Waals surface area contributed by atoms with Crippen LogP contribution in [0.3, 0.4) is 0 Å². The van der Waals surface area contributed by atoms with Gasteiger partial charge in [0.1, 0.15) is 5.82 Å². The number of hydrogen-bond acceptors (Lipinski definition) is 1. The van der Waals surface area contributed by atoms with Crippen molar-refractivity contribution in [3.8, 4) is 0 Å². The van der Waals surface area contributed by atoms with Crippen molar-refractivity contribution in [1.29, 1.82) is 0 Å². The smallest absolute Gasteiger partial charge is 0.142 e. The van der Waals surface area contributed by atoms with Gasteiger partial charge in [-0.3, -0.25) is 0 Å². The summed E-state index contributed by atoms with van der Waals surface area (Å²) in [7, 11) is 0. The maximum Gasteiger partial charge on any atom is 0.142 e. The molecule has 2 N–H and O–H groups in total. The van der Waals surface area contributed by atoms with Gasteiger partial charge in [-0.1, -0.05) is 36.9 Å². The van der Waals surface area contributed by atoms with Crippen LogP contribution in [0.2, 0.25) is 5.02 Å². The molecular formula is C13H17ClFN. The van der Waals surface area contributed by atoms with E-state index in [2.05, 4.69) is 0 Å². The zero-order valence-electron chi connectivity index (χ0n) is 9.52. The fraction of sp³-hybridized carbons (Fsp3) is 0.538. The van der Waals surface area contributed by atoms with Crippen molar-refractivity contribution in [2.45, 2.75) is 44.6 Å². The molecule has 0 heterocycles. The van der Waals surface area contributed by atoms with E-state index < -0.39 is 5.54 Å². The molecule has 0 radical (unpaired) electrons. The first-order chi connectivity index (χ1) is 7.54. The molecule has 1 aliphatic rings. The van der Waals surface area contributed by atoms with Crippen molar-refractivity contribution in [1.82, 2.24) is 0 Å². The molecule has 1 aliphatic carbocycles. The van der Waals surface area contributed by atoms with E-state index in [-0.39, 0.29) is 10.8 Å². The maximum absolute atomic E-state index is 13.5. The van der Waals surface area contributed by atoms with Crippen LogP contribution in [0, 0.1) is 12.7 Å². The molecule has 3 heteroatoms. The summed E-state index contributed by atoms with van der Waals surface area (Å²) in [6, 6.07) is 3.17. The number of rotatable bonds is 1. The van der Waals surface area contributed by atoms with E-state index in [0.29, 0.717) is 0 Å². The predicted octanol–water partition coefficient (Wildman–Crippen LogP) is 3.91. The zero-order chi connectivity index (χ0) is 11.8. The monoisotopic (exact) mass is 241 g/mol. The molecule has 1 aromatic carbocycles. The number of nitrogens with two attached hydrogens (primary N) is 1. The van der Waals surface area contributed by atoms with Crippen molar-refractivity contribution in [2.24, 2.45) is 5.73 Å². The van der Waals surface area contributed by atoms with Gasteiger partial charge in [-0.15, -0.1) is 0 Å². The Morgan fingerprint density at radius 2 is 1.88 bits per heavy atom. The van der Waals surface area contributed by atoms with Crippen LogP contribution in [-0.2, 0) is 5.54 Å². The topological polar surface area (TPSA) is 26.0 Å². The van der Waals surface area contributed by atoms with Crippen molar-refractivity contribution in [3.05, 3.63) is 34.1 Å². The van der Waals surface area contributed by atoms with E-state index >= 15 is 0 Å². The highest BCUT2D eigenvalue weighted by Gasteiger charge is 2.33. The van der Waals surface area contributed by atoms with Crippen LogP contribution in [-0.4, -0.2) is 0 Å². The first-order valence-corrected chi connectivity index (χ1v) is 6.16. The van der Waals surface area contributed by atoms with E-state index in [9.17, 15) is 4.39 Å². The molecule has 0 unspecified atom stereocenters. The first-order valence-electron chi connectivity index (χ1n) is 5.78. The number of aryl methyl sites for hydroxylation is 1. The van der Waals surface area contributed by atoms with Crippen LogP contribution >= 0.6 is 11.6 Å². The van der Waals surface area contributed by atoms with E-state index in [1.807, 2.05) is 6.92 Å². The van der Waals surface area contributed by atoms with Gasteiger partial charge >= 0.3 is 0 Å². The lowest BCUT2D eigenvalue weighted by molar-refractivity contribution is 0.300. The summed E-state index contributed by atoms with van der Waals surface area (Å²) in [6.45, 7) is 1.95. The molecule has 0 aliphatic heterocycles. The van der Waals surface area contributed by atoms with Gasteiger partial charge in [0, 0.05) is 5.54 Å². The number of hydrogen-bond donors (Lipinski definition) is 1. The van der Waals surface area contributed by atoms with Crippen molar-refractivity contribution in [2.75, 3.05) is 0 Å². The Hall–Kier alpha value is -0.600. The Labute approximate surface area is 101 Å². The van der Waals surface area contributed by atoms with Gasteiger partial charge in [-0.2, -0.15) is 0 Å². The standard InChI is InChI=1S/C13H17ClFN/c1-9-5-6-10(15)12(14)11(9)13(16)7-3-2-4-8-13/h5-6H,2-4,7-8,16H2,1H3. The second kappa shape index (κ2) is 4.34. The summed E-state index contributed by atoms with van der Waals surface area (Å²) in [4.78, 5) is 0. The average Bonchev–Trinajstić information content (AvgIpc) is 2.25. The molecule has 0 amide bonds. The largest absolute Gasteiger partial charge is 0.321 e. The highest BCUT2D eigenvalue weighted by molar-refractivity contribution is 6.31. The van der Waals surface area contributed by atoms with E-state index in [1.165, 1.54) is 12.5 Å².